The van der Waals surface area contributed by atoms with E-state index in [1.807, 2.05) is 32.1 Å². The molecule has 2 atom stereocenters. The van der Waals surface area contributed by atoms with Crippen molar-refractivity contribution in [3.05, 3.63) is 63.9 Å². The summed E-state index contributed by atoms with van der Waals surface area (Å²) < 4.78 is 0. The van der Waals surface area contributed by atoms with Crippen molar-refractivity contribution in [1.82, 2.24) is 15.3 Å². The summed E-state index contributed by atoms with van der Waals surface area (Å²) in [6.07, 6.45) is 8.69. The van der Waals surface area contributed by atoms with Crippen LogP contribution >= 0.6 is 0 Å². The van der Waals surface area contributed by atoms with Crippen molar-refractivity contribution in [3.63, 3.8) is 0 Å². The molecule has 146 valence electrons. The number of nitrogens with one attached hydrogen (secondary N) is 2. The van der Waals surface area contributed by atoms with E-state index in [0.717, 1.165) is 11.1 Å². The maximum absolute atomic E-state index is 12.7. The molecule has 0 saturated heterocycles. The van der Waals surface area contributed by atoms with Gasteiger partial charge in [0, 0.05) is 40.8 Å². The molecule has 1 aliphatic rings. The van der Waals surface area contributed by atoms with E-state index >= 15 is 0 Å². The van der Waals surface area contributed by atoms with Gasteiger partial charge in [-0.25, -0.2) is 0 Å². The molecule has 3 rings (SSSR count). The zero-order valence-electron chi connectivity index (χ0n) is 16.0. The number of rotatable bonds is 5. The lowest BCUT2D eigenvalue weighted by molar-refractivity contribution is -0.122. The van der Waals surface area contributed by atoms with Crippen LogP contribution in [0.3, 0.4) is 0 Å². The van der Waals surface area contributed by atoms with Crippen LogP contribution in [-0.2, 0) is 11.2 Å². The topological polar surface area (TPSA) is 118 Å². The van der Waals surface area contributed by atoms with Crippen LogP contribution < -0.4 is 16.6 Å². The molecular formula is C21H24N4O3. The molecule has 28 heavy (non-hydrogen) atoms. The molecule has 1 aliphatic carbocycles. The van der Waals surface area contributed by atoms with Crippen LogP contribution in [0.25, 0.3) is 11.1 Å². The summed E-state index contributed by atoms with van der Waals surface area (Å²) in [6.45, 7) is 3.73. The number of aromatic nitrogens is 2. The normalized spacial score (nSPS) is 18.6. The Kier molecular flexibility index (Phi) is 5.73. The quantitative estimate of drug-likeness (QED) is 0.686. The molecule has 4 N–H and O–H groups in total. The summed E-state index contributed by atoms with van der Waals surface area (Å²) >= 11 is 0. The largest absolute Gasteiger partial charge is 0.369 e. The van der Waals surface area contributed by atoms with E-state index in [0.29, 0.717) is 36.1 Å². The van der Waals surface area contributed by atoms with Crippen LogP contribution in [0.2, 0.25) is 0 Å². The van der Waals surface area contributed by atoms with E-state index in [1.54, 1.807) is 12.3 Å². The number of carbonyl (C=O) groups excluding carboxylic acids is 2. The maximum atomic E-state index is 12.7. The van der Waals surface area contributed by atoms with Crippen molar-refractivity contribution in [1.29, 1.82) is 0 Å². The van der Waals surface area contributed by atoms with Crippen LogP contribution in [0.15, 0.2) is 41.5 Å². The number of hydrogen-bond donors (Lipinski definition) is 3. The van der Waals surface area contributed by atoms with E-state index in [2.05, 4.69) is 15.3 Å². The molecular weight excluding hydrogens is 356 g/mol. The van der Waals surface area contributed by atoms with Gasteiger partial charge in [0.25, 0.3) is 11.5 Å². The molecule has 7 heteroatoms. The monoisotopic (exact) mass is 380 g/mol. The highest BCUT2D eigenvalue weighted by Gasteiger charge is 2.28. The van der Waals surface area contributed by atoms with Crippen molar-refractivity contribution < 1.29 is 9.59 Å². The molecule has 0 saturated carbocycles. The van der Waals surface area contributed by atoms with Gasteiger partial charge in [0.05, 0.1) is 11.5 Å². The molecule has 2 aromatic heterocycles. The molecule has 0 bridgehead atoms. The smallest absolute Gasteiger partial charge is 0.253 e. The maximum Gasteiger partial charge on any atom is 0.253 e. The third kappa shape index (κ3) is 4.03. The van der Waals surface area contributed by atoms with E-state index in [4.69, 9.17) is 5.73 Å². The van der Waals surface area contributed by atoms with Crippen LogP contribution in [0.4, 0.5) is 0 Å². The average Bonchev–Trinajstić information content (AvgIpc) is 2.68. The number of carbonyl (C=O) groups is 2. The predicted octanol–water partition coefficient (Wildman–Crippen LogP) is 1.86. The summed E-state index contributed by atoms with van der Waals surface area (Å²) in [6, 6.07) is 3.24. The number of primary amides is 1. The Balaban J connectivity index is 1.87. The van der Waals surface area contributed by atoms with E-state index in [1.165, 1.54) is 6.20 Å². The van der Waals surface area contributed by atoms with Gasteiger partial charge in [-0.2, -0.15) is 0 Å². The molecule has 0 unspecified atom stereocenters. The van der Waals surface area contributed by atoms with Crippen LogP contribution in [0.5, 0.6) is 0 Å². The van der Waals surface area contributed by atoms with Gasteiger partial charge >= 0.3 is 0 Å². The van der Waals surface area contributed by atoms with Crippen LogP contribution in [0, 0.1) is 12.8 Å². The van der Waals surface area contributed by atoms with Crippen molar-refractivity contribution >= 4 is 11.8 Å². The fraction of sp³-hybridized carbons (Fsp3) is 0.333. The minimum Gasteiger partial charge on any atom is -0.369 e. The van der Waals surface area contributed by atoms with Crippen molar-refractivity contribution in [2.75, 3.05) is 0 Å². The van der Waals surface area contributed by atoms with Gasteiger partial charge < -0.3 is 16.0 Å². The fourth-order valence-corrected chi connectivity index (χ4v) is 3.48. The Morgan fingerprint density at radius 2 is 2.00 bits per heavy atom. The third-order valence-corrected chi connectivity index (χ3v) is 5.12. The Morgan fingerprint density at radius 3 is 2.71 bits per heavy atom. The lowest BCUT2D eigenvalue weighted by Gasteiger charge is -2.26. The number of nitrogens with zero attached hydrogens (tertiary/aromatic N) is 1. The van der Waals surface area contributed by atoms with Crippen LogP contribution in [-0.4, -0.2) is 27.8 Å². The Bertz CT molecular complexity index is 993. The standard InChI is InChI=1S/C21H24N4O3/c1-3-13-9-17(12(2)24-20(13)27)14-8-15(11-23-10-14)21(28)25-18-7-5-4-6-16(18)19(22)26/h4-5,8-11,16,18H,3,6-7H2,1-2H3,(H2,22,26)(H,24,27)(H,25,28)/t16-,18+/m1/s1. The van der Waals surface area contributed by atoms with Gasteiger partial charge in [0.2, 0.25) is 5.91 Å². The lowest BCUT2D eigenvalue weighted by Crippen LogP contribution is -2.46. The summed E-state index contributed by atoms with van der Waals surface area (Å²) in [5.41, 5.74) is 8.71. The predicted molar refractivity (Wildman–Crippen MR) is 107 cm³/mol. The van der Waals surface area contributed by atoms with Gasteiger partial charge in [0.1, 0.15) is 0 Å². The molecule has 7 nitrogen and oxygen atoms in total. The Morgan fingerprint density at radius 1 is 1.25 bits per heavy atom. The highest BCUT2D eigenvalue weighted by atomic mass is 16.2. The van der Waals surface area contributed by atoms with Gasteiger partial charge in [-0.1, -0.05) is 19.1 Å². The number of pyridine rings is 2. The number of H-pyrrole nitrogens is 1. The second kappa shape index (κ2) is 8.21. The molecule has 0 aromatic carbocycles. The van der Waals surface area contributed by atoms with Crippen LogP contribution in [0.1, 0.15) is 41.4 Å². The first-order valence-corrected chi connectivity index (χ1v) is 9.34. The second-order valence-electron chi connectivity index (χ2n) is 7.01. The number of nitrogens with two attached hydrogens (primary N) is 1. The molecule has 0 fully saturated rings. The highest BCUT2D eigenvalue weighted by Crippen LogP contribution is 2.23. The van der Waals surface area contributed by atoms with Gasteiger partial charge in [-0.05, 0) is 38.3 Å². The molecule has 2 aromatic rings. The van der Waals surface area contributed by atoms with Crippen molar-refractivity contribution in [2.24, 2.45) is 11.7 Å². The van der Waals surface area contributed by atoms with E-state index < -0.39 is 11.8 Å². The van der Waals surface area contributed by atoms with Gasteiger partial charge in [-0.3, -0.25) is 19.4 Å². The zero-order chi connectivity index (χ0) is 20.3. The number of amides is 2. The second-order valence-corrected chi connectivity index (χ2v) is 7.01. The number of aryl methyl sites for hydroxylation is 2. The molecule has 0 aliphatic heterocycles. The molecule has 0 spiro atoms. The summed E-state index contributed by atoms with van der Waals surface area (Å²) in [7, 11) is 0. The van der Waals surface area contributed by atoms with E-state index in [9.17, 15) is 14.4 Å². The van der Waals surface area contributed by atoms with Gasteiger partial charge in [-0.15, -0.1) is 0 Å². The third-order valence-electron chi connectivity index (χ3n) is 5.12. The lowest BCUT2D eigenvalue weighted by atomic mass is 9.88. The fourth-order valence-electron chi connectivity index (χ4n) is 3.48. The Labute approximate surface area is 163 Å². The first-order chi connectivity index (χ1) is 13.4. The van der Waals surface area contributed by atoms with Crippen molar-refractivity contribution in [3.8, 4) is 11.1 Å². The Hall–Kier alpha value is -3.22. The molecule has 2 amide bonds. The number of allylic oxidation sites excluding steroid dienone is 1. The highest BCUT2D eigenvalue weighted by molar-refractivity contribution is 5.95. The average molecular weight is 380 g/mol. The minimum atomic E-state index is -0.419. The SMILES string of the molecule is CCc1cc(-c2cncc(C(=O)N[C@H]3CC=CC[C@H]3C(N)=O)c2)c(C)[nH]c1=O. The first kappa shape index (κ1) is 19.5. The molecule has 0 radical (unpaired) electrons. The minimum absolute atomic E-state index is 0.103. The zero-order valence-corrected chi connectivity index (χ0v) is 16.0. The first-order valence-electron chi connectivity index (χ1n) is 9.34. The van der Waals surface area contributed by atoms with Crippen molar-refractivity contribution in [2.45, 2.75) is 39.2 Å². The number of aromatic amines is 1. The number of hydrogen-bond acceptors (Lipinski definition) is 4. The molecule has 2 heterocycles. The summed E-state index contributed by atoms with van der Waals surface area (Å²) in [5, 5.41) is 2.90. The summed E-state index contributed by atoms with van der Waals surface area (Å²) in [4.78, 5) is 43.4. The summed E-state index contributed by atoms with van der Waals surface area (Å²) in [5.74, 6) is -1.14. The van der Waals surface area contributed by atoms with E-state index in [-0.39, 0.29) is 17.5 Å². The van der Waals surface area contributed by atoms with Gasteiger partial charge in [0.15, 0.2) is 0 Å².